The zero-order valence-corrected chi connectivity index (χ0v) is 82.2. The normalized spacial score (nSPS) is 18.9. The standard InChI is InChI=1S/C27H27F3N2O2.C25H23F3N2O2.C15H17FN2O.C15H19FN2.C12H12F2O3.C11H14N2.C4H5FO2.H2IN/c1-3-34-23(33)9-8-17-13-20(28)24(21(29)14-17)26-25-19(18-6-4-5-7-22(18)31-25)12-16(2)32(26)15-27(30)10-11-27;1-14-10-17-16-4-2-3-5-20(16)29-23(17)24(30(14)13-25(28)8-9-25)22-18(26)11-15(12-19(22)27)6-7-21(31)32;1-10(18-14(19)15(16)6-7-15)8-11-9-17-13-5-3-2-4-12(11)13;1-11(18-10-15(16)6-7-15)8-12-9-17-14-5-3-2-4-13(12)14;1-3-17-11(15)5-4-8-6-9(13)12(16-2)10(14)7-8;1-8(12)6-9-7-13-11-5-3-2-4-10(9)11;5-4(1-2-4)3(6)7;1-2/h4-9,13-14,16,26,31H,3,10-12,15H2,1-2H3;2-7,11-12,14,24,29H,8-10,13H2,1H3,(H,31,32);2-5,9-10,17H,6-8H2,1H3,(H,18,19);2-5,9,11,17-18H,6-8,10H2,1H3;4-7H,3H2,1-2H3;2-5,7-8,13H,6,12H2,1H3;1-2H2,(H,6,7);2H2/b9-8+;7-6+;;;5-4+;;;/t16-,26-;14-,24-;10-;11-;;8-;;/m1111.1../s1/i/hT. The molecule has 7 heterocycles. The van der Waals surface area contributed by atoms with Gasteiger partial charge in [0.25, 0.3) is 5.91 Å². The van der Waals surface area contributed by atoms with Gasteiger partial charge in [-0.05, 0) is 274 Å². The number of alkyl halides is 5. The van der Waals surface area contributed by atoms with Gasteiger partial charge >= 0.3 is 23.9 Å². The SMILES string of the molecule is CCOC(=O)/C=C/c1cc(F)c(OC)c(F)c1.CCOC(=O)/C=C/c1cc(F)c([C@@H]2c3[nH]c4ccccc4c3C[C@@H](C)N2CC2(F)CC2)c(F)c1.C[C@@H](N)Cc1c[nH]c2ccccc12.C[C@@H]1Cc2c([nH]c3ccccc23)[C@@H](c2c(F)cc(/C=C/C(=O)O)cc2F)N1CC1(F)CC1.C[C@H](Cc1c[nH]c2ccccc12)NC(=O)C1(F)CC1.C[C@H](Cc1c[nH]c2ccccc12)NCC1(F)CC1.O=C(O)C1(F)CC1.[3H]NI. The van der Waals surface area contributed by atoms with E-state index in [1.165, 1.54) is 64.3 Å². The number of nitrogens with two attached hydrogens (primary N) is 2. The van der Waals surface area contributed by atoms with E-state index in [2.05, 4.69) is 94.5 Å². The number of H-pyrrole nitrogens is 5. The molecule has 5 saturated carbocycles. The second-order valence-electron chi connectivity index (χ2n) is 37.6. The largest absolute Gasteiger partial charge is 0.491 e. The maximum absolute atomic E-state index is 15.5. The molecule has 754 valence electrons. The molecule has 13 N–H and O–H groups in total. The topological polar surface area (TPSA) is 315 Å². The summed E-state index contributed by atoms with van der Waals surface area (Å²) in [6.07, 6.45) is 21.1. The van der Waals surface area contributed by atoms with Gasteiger partial charge in [-0.15, -0.1) is 0 Å². The van der Waals surface area contributed by atoms with E-state index >= 15 is 17.6 Å². The van der Waals surface area contributed by atoms with E-state index in [1.807, 2.05) is 139 Å². The molecule has 5 aromatic heterocycles. The van der Waals surface area contributed by atoms with Crippen LogP contribution in [-0.4, -0.2) is 173 Å². The van der Waals surface area contributed by atoms with Crippen LogP contribution in [0.4, 0.5) is 48.3 Å². The molecule has 0 unspecified atom stereocenters. The molecule has 142 heavy (non-hydrogen) atoms. The minimum atomic E-state index is -1.83. The lowest BCUT2D eigenvalue weighted by Crippen LogP contribution is -2.46. The Morgan fingerprint density at radius 3 is 1.16 bits per heavy atom. The number of ether oxygens (including phenoxy) is 3. The van der Waals surface area contributed by atoms with Crippen molar-refractivity contribution in [3.05, 3.63) is 296 Å². The summed E-state index contributed by atoms with van der Waals surface area (Å²) in [5.74, 6) is -9.26. The minimum absolute atomic E-state index is 0.0695. The van der Waals surface area contributed by atoms with Crippen LogP contribution in [0, 0.1) is 34.9 Å². The van der Waals surface area contributed by atoms with Gasteiger partial charge in [0.1, 0.15) is 41.7 Å². The van der Waals surface area contributed by atoms with Crippen molar-refractivity contribution in [1.82, 2.24) is 45.4 Å². The highest BCUT2D eigenvalue weighted by atomic mass is 127. The highest BCUT2D eigenvalue weighted by molar-refractivity contribution is 14.1. The minimum Gasteiger partial charge on any atom is -0.491 e. The van der Waals surface area contributed by atoms with Gasteiger partial charge in [-0.3, -0.25) is 18.5 Å². The van der Waals surface area contributed by atoms with Crippen molar-refractivity contribution < 1.29 is 98.1 Å². The molecule has 33 heteroatoms. The number of nitrogens with one attached hydrogen (secondary N) is 7. The Morgan fingerprint density at radius 2 is 0.831 bits per heavy atom. The van der Waals surface area contributed by atoms with Gasteiger partial charge in [-0.2, -0.15) is 0 Å². The van der Waals surface area contributed by atoms with Gasteiger partial charge in [0, 0.05) is 187 Å². The molecule has 2 aliphatic heterocycles. The van der Waals surface area contributed by atoms with E-state index in [0.29, 0.717) is 81.8 Å². The number of aromatic amines is 5. The number of methoxy groups -OCH3 is 1. The number of aliphatic carboxylic acids is 2. The summed E-state index contributed by atoms with van der Waals surface area (Å²) >= 11 is 1.70. The summed E-state index contributed by atoms with van der Waals surface area (Å²) in [6.45, 7) is 14.5. The van der Waals surface area contributed by atoms with Crippen LogP contribution >= 0.6 is 22.9 Å². The Bertz CT molecular complexity index is 6690. The number of aromatic nitrogens is 5. The third-order valence-corrected chi connectivity index (χ3v) is 26.1. The van der Waals surface area contributed by atoms with Crippen molar-refractivity contribution in [2.75, 3.05) is 40.0 Å². The molecule has 0 spiro atoms. The van der Waals surface area contributed by atoms with Crippen LogP contribution in [-0.2, 0) is 65.6 Å². The molecule has 0 radical (unpaired) electrons. The zero-order valence-electron chi connectivity index (χ0n) is 81.1. The molecule has 8 aromatic carbocycles. The van der Waals surface area contributed by atoms with Crippen molar-refractivity contribution in [2.24, 2.45) is 9.67 Å². The van der Waals surface area contributed by atoms with Gasteiger partial charge < -0.3 is 65.7 Å². The number of carbonyl (C=O) groups excluding carboxylic acids is 3. The number of carboxylic acid groups (broad SMARTS) is 2. The highest BCUT2D eigenvalue weighted by Gasteiger charge is 2.54. The summed E-state index contributed by atoms with van der Waals surface area (Å²) < 4.78 is 179. The van der Waals surface area contributed by atoms with Crippen molar-refractivity contribution in [2.45, 2.75) is 215 Å². The van der Waals surface area contributed by atoms with Crippen molar-refractivity contribution in [3.63, 3.8) is 0 Å². The van der Waals surface area contributed by atoms with Gasteiger partial charge in [0.2, 0.25) is 5.67 Å². The van der Waals surface area contributed by atoms with Gasteiger partial charge in [0.15, 0.2) is 23.1 Å². The molecular weight excluding hydrogens is 1960 g/mol. The van der Waals surface area contributed by atoms with Crippen molar-refractivity contribution in [1.29, 1.82) is 0 Å². The molecule has 0 bridgehead atoms. The summed E-state index contributed by atoms with van der Waals surface area (Å²) in [5, 5.41) is 28.5. The maximum Gasteiger partial charge on any atom is 0.341 e. The van der Waals surface area contributed by atoms with Gasteiger partial charge in [-0.1, -0.05) is 91.0 Å². The van der Waals surface area contributed by atoms with Crippen molar-refractivity contribution >= 4 is 125 Å². The summed E-state index contributed by atoms with van der Waals surface area (Å²) in [7, 11) is 1.18. The number of hydrogen-bond donors (Lipinski definition) is 11. The van der Waals surface area contributed by atoms with Crippen LogP contribution in [0.3, 0.4) is 0 Å². The Kier molecular flexibility index (Phi) is 34.7. The number of amides is 1. The number of esters is 2. The third-order valence-electron chi connectivity index (χ3n) is 26.1. The predicted molar refractivity (Wildman–Crippen MR) is 540 cm³/mol. The summed E-state index contributed by atoms with van der Waals surface area (Å²) in [4.78, 5) is 74.9. The van der Waals surface area contributed by atoms with Gasteiger partial charge in [-0.25, -0.2) is 67.5 Å². The van der Waals surface area contributed by atoms with Crippen LogP contribution in [0.25, 0.3) is 72.7 Å². The Labute approximate surface area is 831 Å². The molecule has 7 atom stereocenters. The fourth-order valence-electron chi connectivity index (χ4n) is 17.8. The quantitative estimate of drug-likeness (QED) is 0.00750. The first-order valence-electron chi connectivity index (χ1n) is 47.9. The smallest absolute Gasteiger partial charge is 0.341 e. The van der Waals surface area contributed by atoms with Crippen molar-refractivity contribution in [3.8, 4) is 5.75 Å². The molecule has 20 rings (SSSR count). The number of fused-ring (bicyclic) bond motifs is 9. The Morgan fingerprint density at radius 1 is 0.493 bits per heavy atom. The van der Waals surface area contributed by atoms with Crippen LogP contribution in [0.15, 0.2) is 195 Å². The molecule has 0 saturated heterocycles. The Hall–Kier alpha value is -12.4. The third kappa shape index (κ3) is 27.3. The molecular formula is C109H119F11IN11O10. The first-order valence-corrected chi connectivity index (χ1v) is 48.5. The fraction of sp³-hybridized carbons (Fsp3) is 0.367. The number of hydrogen-bond acceptors (Lipinski definition) is 13. The predicted octanol–water partition coefficient (Wildman–Crippen LogP) is 22.6. The zero-order chi connectivity index (χ0) is 103. The lowest BCUT2D eigenvalue weighted by Gasteiger charge is -2.42. The average molecular weight is 2080 g/mol. The maximum atomic E-state index is 15.5. The molecule has 21 nitrogen and oxygen atoms in total. The second-order valence-corrected chi connectivity index (χ2v) is 37.6. The first kappa shape index (κ1) is 105. The monoisotopic (exact) mass is 2080 g/mol. The van der Waals surface area contributed by atoms with E-state index in [9.17, 15) is 54.7 Å². The van der Waals surface area contributed by atoms with Crippen LogP contribution in [0.5, 0.6) is 5.75 Å². The molecule has 7 aliphatic rings. The van der Waals surface area contributed by atoms with E-state index in [4.69, 9.17) is 22.1 Å². The van der Waals surface area contributed by atoms with Crippen LogP contribution < -0.4 is 25.0 Å². The van der Waals surface area contributed by atoms with Crippen LogP contribution in [0.1, 0.15) is 192 Å². The number of halogens is 12. The van der Waals surface area contributed by atoms with Crippen LogP contribution in [0.2, 0.25) is 1.41 Å². The average Bonchev–Trinajstić information content (AvgIpc) is 1.59. The number of nitrogens with zero attached hydrogens (tertiary/aromatic N) is 2. The molecule has 13 aromatic rings. The lowest BCUT2D eigenvalue weighted by molar-refractivity contribution is -0.144. The lowest BCUT2D eigenvalue weighted by atomic mass is 9.87. The summed E-state index contributed by atoms with van der Waals surface area (Å²) in [6, 6.07) is 45.6. The number of carboxylic acids is 2. The number of carbonyl (C=O) groups is 5. The summed E-state index contributed by atoms with van der Waals surface area (Å²) in [5.41, 5.74) is 11.4. The van der Waals surface area contributed by atoms with Gasteiger partial charge in [0.05, 0.1) is 32.4 Å². The van der Waals surface area contributed by atoms with E-state index < -0.39 is 111 Å². The highest BCUT2D eigenvalue weighted by Crippen LogP contribution is 2.51. The van der Waals surface area contributed by atoms with E-state index in [1.54, 1.807) is 36.7 Å². The van der Waals surface area contributed by atoms with E-state index in [0.717, 1.165) is 124 Å². The number of para-hydroxylation sites is 5. The number of rotatable bonds is 27. The first-order chi connectivity index (χ1) is 68.2. The fourth-order valence-corrected chi connectivity index (χ4v) is 17.8. The molecule has 5 fully saturated rings. The second kappa shape index (κ2) is 46.8. The molecule has 5 aliphatic carbocycles. The number of benzene rings is 8. The Balaban J connectivity index is 0.000000145. The molecule has 1 amide bonds. The van der Waals surface area contributed by atoms with E-state index in [-0.39, 0.29) is 91.1 Å².